The molecule has 2 atom stereocenters. The van der Waals surface area contributed by atoms with Crippen molar-refractivity contribution in [2.45, 2.75) is 45.3 Å². The van der Waals surface area contributed by atoms with Gasteiger partial charge in [0.15, 0.2) is 5.00 Å². The average molecular weight is 270 g/mol. The molecule has 0 bridgehead atoms. The number of hydrogen-bond donors (Lipinski definition) is 1. The highest BCUT2D eigenvalue weighted by atomic mass is 32.1. The Morgan fingerprint density at radius 1 is 1.72 bits per heavy atom. The van der Waals surface area contributed by atoms with Crippen LogP contribution in [0.15, 0.2) is 6.07 Å². The maximum atomic E-state index is 11.1. The summed E-state index contributed by atoms with van der Waals surface area (Å²) < 4.78 is 0. The number of anilines is 1. The molecule has 2 rings (SSSR count). The fourth-order valence-corrected chi connectivity index (χ4v) is 3.62. The molecular weight excluding hydrogens is 252 g/mol. The number of aliphatic hydroxyl groups is 1. The number of thiophene rings is 1. The highest BCUT2D eigenvalue weighted by Crippen LogP contribution is 2.43. The van der Waals surface area contributed by atoms with Crippen LogP contribution in [0, 0.1) is 10.1 Å². The Kier molecular flexibility index (Phi) is 3.87. The fraction of sp³-hybridized carbons (Fsp3) is 0.667. The minimum Gasteiger partial charge on any atom is -0.388 e. The molecule has 1 aliphatic rings. The maximum absolute atomic E-state index is 11.1. The van der Waals surface area contributed by atoms with Gasteiger partial charge in [0.1, 0.15) is 0 Å². The van der Waals surface area contributed by atoms with E-state index in [9.17, 15) is 15.2 Å². The van der Waals surface area contributed by atoms with Crippen molar-refractivity contribution in [1.82, 2.24) is 0 Å². The summed E-state index contributed by atoms with van der Waals surface area (Å²) in [5.41, 5.74) is 0.135. The number of nitrogens with zero attached hydrogens (tertiary/aromatic N) is 2. The van der Waals surface area contributed by atoms with Crippen molar-refractivity contribution in [1.29, 1.82) is 0 Å². The lowest BCUT2D eigenvalue weighted by atomic mass is 10.2. The van der Waals surface area contributed by atoms with Crippen LogP contribution in [0.25, 0.3) is 0 Å². The minimum atomic E-state index is -0.648. The standard InChI is InChI=1S/C12H18N2O3S/c1-3-9-5-4-6-13(9)12-10(14(16)17)7-11(18-12)8(2)15/h7-9,15H,3-6H2,1-2H3. The van der Waals surface area contributed by atoms with Gasteiger partial charge in [-0.15, -0.1) is 11.3 Å². The molecule has 1 fully saturated rings. The highest BCUT2D eigenvalue weighted by Gasteiger charge is 2.31. The predicted octanol–water partition coefficient (Wildman–Crippen LogP) is 3.09. The van der Waals surface area contributed by atoms with E-state index in [1.807, 2.05) is 0 Å². The molecule has 18 heavy (non-hydrogen) atoms. The smallest absolute Gasteiger partial charge is 0.304 e. The summed E-state index contributed by atoms with van der Waals surface area (Å²) in [4.78, 5) is 13.6. The molecule has 2 heterocycles. The van der Waals surface area contributed by atoms with Gasteiger partial charge in [-0.25, -0.2) is 0 Å². The van der Waals surface area contributed by atoms with Gasteiger partial charge in [0.05, 0.1) is 11.0 Å². The van der Waals surface area contributed by atoms with Gasteiger partial charge in [-0.3, -0.25) is 10.1 Å². The van der Waals surface area contributed by atoms with Crippen LogP contribution >= 0.6 is 11.3 Å². The molecule has 1 aromatic heterocycles. The van der Waals surface area contributed by atoms with Gasteiger partial charge in [0.25, 0.3) is 0 Å². The summed E-state index contributed by atoms with van der Waals surface area (Å²) in [6.45, 7) is 4.62. The highest BCUT2D eigenvalue weighted by molar-refractivity contribution is 7.16. The van der Waals surface area contributed by atoms with Crippen molar-refractivity contribution in [3.8, 4) is 0 Å². The Morgan fingerprint density at radius 3 is 3.00 bits per heavy atom. The number of rotatable bonds is 4. The van der Waals surface area contributed by atoms with E-state index < -0.39 is 6.10 Å². The molecule has 6 heteroatoms. The van der Waals surface area contributed by atoms with E-state index in [0.717, 1.165) is 25.8 Å². The molecule has 5 nitrogen and oxygen atoms in total. The first-order valence-electron chi connectivity index (χ1n) is 6.27. The molecule has 0 aliphatic carbocycles. The lowest BCUT2D eigenvalue weighted by Gasteiger charge is -2.23. The first kappa shape index (κ1) is 13.3. The van der Waals surface area contributed by atoms with Crippen molar-refractivity contribution in [2.75, 3.05) is 11.4 Å². The Labute approximate surface area is 110 Å². The fourth-order valence-electron chi connectivity index (χ4n) is 2.46. The SMILES string of the molecule is CCC1CCCN1c1sc(C(C)O)cc1[N+](=O)[O-]. The van der Waals surface area contributed by atoms with Crippen molar-refractivity contribution in [3.63, 3.8) is 0 Å². The van der Waals surface area contributed by atoms with Crippen molar-refractivity contribution in [3.05, 3.63) is 21.1 Å². The zero-order chi connectivity index (χ0) is 13.3. The van der Waals surface area contributed by atoms with Crippen LogP contribution in [0.5, 0.6) is 0 Å². The summed E-state index contributed by atoms with van der Waals surface area (Å²) in [6.07, 6.45) is 2.52. The van der Waals surface area contributed by atoms with E-state index in [1.165, 1.54) is 17.4 Å². The summed E-state index contributed by atoms with van der Waals surface area (Å²) in [5.74, 6) is 0. The predicted molar refractivity (Wildman–Crippen MR) is 72.3 cm³/mol. The topological polar surface area (TPSA) is 66.6 Å². The van der Waals surface area contributed by atoms with Crippen LogP contribution in [0.4, 0.5) is 10.7 Å². The van der Waals surface area contributed by atoms with Gasteiger partial charge in [0.2, 0.25) is 0 Å². The Bertz CT molecular complexity index is 445. The molecule has 0 saturated carbocycles. The number of nitro groups is 1. The van der Waals surface area contributed by atoms with Crippen LogP contribution in [-0.2, 0) is 0 Å². The number of hydrogen-bond acceptors (Lipinski definition) is 5. The molecule has 100 valence electrons. The van der Waals surface area contributed by atoms with Crippen LogP contribution < -0.4 is 4.90 Å². The van der Waals surface area contributed by atoms with Crippen LogP contribution in [0.2, 0.25) is 0 Å². The Hall–Kier alpha value is -1.14. The van der Waals surface area contributed by atoms with Gasteiger partial charge < -0.3 is 10.0 Å². The van der Waals surface area contributed by atoms with E-state index in [0.29, 0.717) is 15.9 Å². The molecule has 0 aromatic carbocycles. The largest absolute Gasteiger partial charge is 0.388 e. The molecule has 0 amide bonds. The van der Waals surface area contributed by atoms with E-state index >= 15 is 0 Å². The van der Waals surface area contributed by atoms with E-state index in [4.69, 9.17) is 0 Å². The second-order valence-electron chi connectivity index (χ2n) is 4.67. The van der Waals surface area contributed by atoms with E-state index in [-0.39, 0.29) is 10.6 Å². The Morgan fingerprint density at radius 2 is 2.44 bits per heavy atom. The first-order valence-corrected chi connectivity index (χ1v) is 7.09. The second kappa shape index (κ2) is 5.24. The van der Waals surface area contributed by atoms with Gasteiger partial charge in [-0.2, -0.15) is 0 Å². The van der Waals surface area contributed by atoms with Gasteiger partial charge in [-0.05, 0) is 26.2 Å². The molecular formula is C12H18N2O3S. The molecule has 0 spiro atoms. The summed E-state index contributed by atoms with van der Waals surface area (Å²) >= 11 is 1.35. The monoisotopic (exact) mass is 270 g/mol. The normalized spacial score (nSPS) is 21.3. The van der Waals surface area contributed by atoms with E-state index in [2.05, 4.69) is 11.8 Å². The lowest BCUT2D eigenvalue weighted by Crippen LogP contribution is -2.28. The summed E-state index contributed by atoms with van der Waals surface area (Å²) in [5, 5.41) is 21.4. The van der Waals surface area contributed by atoms with Crippen LogP contribution in [0.1, 0.15) is 44.1 Å². The molecule has 1 saturated heterocycles. The third-order valence-electron chi connectivity index (χ3n) is 3.43. The quantitative estimate of drug-likeness (QED) is 0.674. The molecule has 0 radical (unpaired) electrons. The molecule has 2 unspecified atom stereocenters. The minimum absolute atomic E-state index is 0.135. The van der Waals surface area contributed by atoms with Crippen molar-refractivity contribution < 1.29 is 10.0 Å². The van der Waals surface area contributed by atoms with Crippen LogP contribution in [0.3, 0.4) is 0 Å². The second-order valence-corrected chi connectivity index (χ2v) is 5.73. The molecule has 1 N–H and O–H groups in total. The molecule has 1 aliphatic heterocycles. The zero-order valence-electron chi connectivity index (χ0n) is 10.6. The van der Waals surface area contributed by atoms with Gasteiger partial charge in [0, 0.05) is 23.5 Å². The maximum Gasteiger partial charge on any atom is 0.304 e. The third kappa shape index (κ3) is 2.35. The van der Waals surface area contributed by atoms with Crippen molar-refractivity contribution >= 4 is 22.0 Å². The lowest BCUT2D eigenvalue weighted by molar-refractivity contribution is -0.383. The Balaban J connectivity index is 2.39. The van der Waals surface area contributed by atoms with Gasteiger partial charge in [-0.1, -0.05) is 6.92 Å². The zero-order valence-corrected chi connectivity index (χ0v) is 11.4. The summed E-state index contributed by atoms with van der Waals surface area (Å²) in [7, 11) is 0. The van der Waals surface area contributed by atoms with Crippen molar-refractivity contribution in [2.24, 2.45) is 0 Å². The van der Waals surface area contributed by atoms with Gasteiger partial charge >= 0.3 is 5.69 Å². The van der Waals surface area contributed by atoms with Crippen LogP contribution in [-0.4, -0.2) is 22.6 Å². The third-order valence-corrected chi connectivity index (χ3v) is 4.76. The average Bonchev–Trinajstić information content (AvgIpc) is 2.94. The first-order chi connectivity index (χ1) is 8.54. The molecule has 1 aromatic rings. The van der Waals surface area contributed by atoms with E-state index in [1.54, 1.807) is 6.92 Å². The summed E-state index contributed by atoms with van der Waals surface area (Å²) in [6, 6.07) is 1.90. The number of aliphatic hydroxyl groups excluding tert-OH is 1.